The number of rotatable bonds is 5. The van der Waals surface area contributed by atoms with Crippen LogP contribution in [-0.2, 0) is 13.1 Å². The van der Waals surface area contributed by atoms with Crippen molar-refractivity contribution in [2.75, 3.05) is 7.05 Å². The fraction of sp³-hybridized carbons (Fsp3) is 0.375. The first-order chi connectivity index (χ1) is 12.1. The van der Waals surface area contributed by atoms with Crippen LogP contribution in [0, 0.1) is 0 Å². The topological polar surface area (TPSA) is 99.9 Å². The molecule has 2 N–H and O–H groups in total. The smallest absolute Gasteiger partial charge is 0.317 e. The molecule has 3 aromatic rings. The number of imidazole rings is 1. The van der Waals surface area contributed by atoms with E-state index in [4.69, 9.17) is 16.1 Å². The molecule has 0 aliphatic heterocycles. The number of nitrogens with one attached hydrogen (secondary N) is 2. The summed E-state index contributed by atoms with van der Waals surface area (Å²) in [5.74, 6) is 2.27. The summed E-state index contributed by atoms with van der Waals surface area (Å²) in [6.07, 6.45) is 2.22. The largest absolute Gasteiger partial charge is 0.340 e. The van der Waals surface area contributed by atoms with Crippen molar-refractivity contribution in [3.8, 4) is 0 Å². The lowest BCUT2D eigenvalue weighted by atomic mass is 10.3. The maximum absolute atomic E-state index is 12.2. The Morgan fingerprint density at radius 3 is 3.08 bits per heavy atom. The molecule has 1 fully saturated rings. The summed E-state index contributed by atoms with van der Waals surface area (Å²) in [4.78, 5) is 25.6. The summed E-state index contributed by atoms with van der Waals surface area (Å²) in [6, 6.07) is 5.17. The molecule has 2 aromatic heterocycles. The quantitative estimate of drug-likeness (QED) is 0.728. The Kier molecular flexibility index (Phi) is 4.04. The van der Waals surface area contributed by atoms with E-state index in [1.807, 2.05) is 6.07 Å². The minimum Gasteiger partial charge on any atom is -0.340 e. The number of fused-ring (bicyclic) bond motifs is 1. The molecule has 2 heterocycles. The molecule has 1 saturated carbocycles. The number of hydrogen-bond acceptors (Lipinski definition) is 5. The molecule has 9 heteroatoms. The first kappa shape index (κ1) is 15.9. The third-order valence-corrected chi connectivity index (χ3v) is 4.28. The highest BCUT2D eigenvalue weighted by Crippen LogP contribution is 2.38. The van der Waals surface area contributed by atoms with Gasteiger partial charge in [0.2, 0.25) is 5.89 Å². The van der Waals surface area contributed by atoms with E-state index in [9.17, 15) is 4.79 Å². The van der Waals surface area contributed by atoms with Crippen LogP contribution in [0.2, 0.25) is 5.02 Å². The second kappa shape index (κ2) is 6.36. The van der Waals surface area contributed by atoms with Gasteiger partial charge in [-0.05, 0) is 31.0 Å². The number of carbonyl (C=O) groups is 1. The minimum atomic E-state index is -0.246. The Morgan fingerprint density at radius 1 is 1.44 bits per heavy atom. The lowest BCUT2D eigenvalue weighted by Crippen LogP contribution is -2.36. The third kappa shape index (κ3) is 3.58. The van der Waals surface area contributed by atoms with Gasteiger partial charge in [0.1, 0.15) is 12.4 Å². The molecule has 8 nitrogen and oxygen atoms in total. The van der Waals surface area contributed by atoms with E-state index in [2.05, 4.69) is 25.4 Å². The summed E-state index contributed by atoms with van der Waals surface area (Å²) >= 11 is 5.96. The first-order valence-corrected chi connectivity index (χ1v) is 8.42. The van der Waals surface area contributed by atoms with Gasteiger partial charge in [0.15, 0.2) is 5.82 Å². The molecule has 25 heavy (non-hydrogen) atoms. The van der Waals surface area contributed by atoms with E-state index < -0.39 is 0 Å². The fourth-order valence-corrected chi connectivity index (χ4v) is 2.70. The molecule has 1 aromatic carbocycles. The zero-order chi connectivity index (χ0) is 17.4. The average molecular weight is 361 g/mol. The van der Waals surface area contributed by atoms with Crippen molar-refractivity contribution in [1.82, 2.24) is 30.3 Å². The highest BCUT2D eigenvalue weighted by atomic mass is 35.5. The number of hydrogen-bond donors (Lipinski definition) is 2. The lowest BCUT2D eigenvalue weighted by Gasteiger charge is -2.15. The average Bonchev–Trinajstić information content (AvgIpc) is 3.20. The Bertz CT molecular complexity index is 916. The number of benzene rings is 1. The zero-order valence-corrected chi connectivity index (χ0v) is 14.4. The summed E-state index contributed by atoms with van der Waals surface area (Å²) in [7, 11) is 1.68. The van der Waals surface area contributed by atoms with Crippen LogP contribution >= 0.6 is 11.6 Å². The molecule has 0 atom stereocenters. The van der Waals surface area contributed by atoms with Crippen LogP contribution in [-0.4, -0.2) is 38.1 Å². The number of amides is 2. The van der Waals surface area contributed by atoms with Gasteiger partial charge in [-0.1, -0.05) is 16.8 Å². The molecule has 130 valence electrons. The Hall–Kier alpha value is -2.61. The van der Waals surface area contributed by atoms with Crippen molar-refractivity contribution in [2.45, 2.75) is 31.8 Å². The number of H-pyrrole nitrogens is 1. The number of halogens is 1. The predicted molar refractivity (Wildman–Crippen MR) is 91.1 cm³/mol. The van der Waals surface area contributed by atoms with Gasteiger partial charge in [0, 0.05) is 18.0 Å². The monoisotopic (exact) mass is 360 g/mol. The molecular weight excluding hydrogens is 344 g/mol. The summed E-state index contributed by atoms with van der Waals surface area (Å²) in [6.45, 7) is 0.550. The van der Waals surface area contributed by atoms with E-state index in [1.165, 1.54) is 4.90 Å². The highest BCUT2D eigenvalue weighted by molar-refractivity contribution is 6.31. The van der Waals surface area contributed by atoms with Crippen molar-refractivity contribution in [3.05, 3.63) is 40.8 Å². The molecular formula is C16H17ClN6O2. The van der Waals surface area contributed by atoms with Crippen molar-refractivity contribution >= 4 is 28.7 Å². The van der Waals surface area contributed by atoms with Gasteiger partial charge in [-0.25, -0.2) is 9.78 Å². The van der Waals surface area contributed by atoms with Crippen molar-refractivity contribution in [1.29, 1.82) is 0 Å². The fourth-order valence-electron chi connectivity index (χ4n) is 2.53. The van der Waals surface area contributed by atoms with Gasteiger partial charge in [-0.2, -0.15) is 4.98 Å². The van der Waals surface area contributed by atoms with Crippen molar-refractivity contribution < 1.29 is 9.32 Å². The number of nitrogens with zero attached hydrogens (tertiary/aromatic N) is 4. The first-order valence-electron chi connectivity index (χ1n) is 8.04. The SMILES string of the molecule is CN(Cc1nc(C2CC2)no1)C(=O)NCc1nc2ccc(Cl)cc2[nH]1. The maximum atomic E-state index is 12.2. The molecule has 1 aliphatic rings. The number of carbonyl (C=O) groups excluding carboxylic acids is 1. The summed E-state index contributed by atoms with van der Waals surface area (Å²) in [5.41, 5.74) is 1.64. The zero-order valence-electron chi connectivity index (χ0n) is 13.6. The van der Waals surface area contributed by atoms with Gasteiger partial charge in [0.25, 0.3) is 0 Å². The normalized spacial score (nSPS) is 14.0. The molecule has 2 amide bonds. The predicted octanol–water partition coefficient (Wildman–Crippen LogP) is 2.82. The minimum absolute atomic E-state index is 0.246. The van der Waals surface area contributed by atoms with E-state index in [-0.39, 0.29) is 19.1 Å². The molecule has 0 saturated heterocycles. The van der Waals surface area contributed by atoms with Crippen LogP contribution in [0.1, 0.15) is 36.3 Å². The van der Waals surface area contributed by atoms with E-state index in [1.54, 1.807) is 19.2 Å². The maximum Gasteiger partial charge on any atom is 0.317 e. The van der Waals surface area contributed by atoms with Gasteiger partial charge < -0.3 is 19.7 Å². The number of aromatic nitrogens is 4. The van der Waals surface area contributed by atoms with Crippen LogP contribution in [0.5, 0.6) is 0 Å². The van der Waals surface area contributed by atoms with Gasteiger partial charge in [-0.3, -0.25) is 0 Å². The Balaban J connectivity index is 1.33. The second-order valence-electron chi connectivity index (χ2n) is 6.18. The molecule has 0 radical (unpaired) electrons. The summed E-state index contributed by atoms with van der Waals surface area (Å²) in [5, 5.41) is 7.39. The highest BCUT2D eigenvalue weighted by Gasteiger charge is 2.29. The summed E-state index contributed by atoms with van der Waals surface area (Å²) < 4.78 is 5.19. The molecule has 0 spiro atoms. The van der Waals surface area contributed by atoms with Gasteiger partial charge in [0.05, 0.1) is 17.6 Å². The van der Waals surface area contributed by atoms with Crippen LogP contribution in [0.3, 0.4) is 0 Å². The molecule has 1 aliphatic carbocycles. The van der Waals surface area contributed by atoms with Crippen LogP contribution < -0.4 is 5.32 Å². The van der Waals surface area contributed by atoms with Gasteiger partial charge in [-0.15, -0.1) is 0 Å². The molecule has 4 rings (SSSR count). The van der Waals surface area contributed by atoms with Gasteiger partial charge >= 0.3 is 6.03 Å². The van der Waals surface area contributed by atoms with E-state index in [0.29, 0.717) is 22.7 Å². The number of urea groups is 1. The van der Waals surface area contributed by atoms with E-state index >= 15 is 0 Å². The van der Waals surface area contributed by atoms with Crippen molar-refractivity contribution in [2.24, 2.45) is 0 Å². The molecule has 0 bridgehead atoms. The lowest BCUT2D eigenvalue weighted by molar-refractivity contribution is 0.199. The molecule has 0 unspecified atom stereocenters. The van der Waals surface area contributed by atoms with Crippen LogP contribution in [0.4, 0.5) is 4.79 Å². The Labute approximate surface area is 148 Å². The van der Waals surface area contributed by atoms with E-state index in [0.717, 1.165) is 29.7 Å². The van der Waals surface area contributed by atoms with Crippen LogP contribution in [0.25, 0.3) is 11.0 Å². The van der Waals surface area contributed by atoms with Crippen LogP contribution in [0.15, 0.2) is 22.7 Å². The standard InChI is InChI=1S/C16H17ClN6O2/c1-23(8-14-21-15(22-25-14)9-2-3-9)16(24)18-7-13-19-11-5-4-10(17)6-12(11)20-13/h4-6,9H,2-3,7-8H2,1H3,(H,18,24)(H,19,20). The second-order valence-corrected chi connectivity index (χ2v) is 6.62. The van der Waals surface area contributed by atoms with Crippen molar-refractivity contribution in [3.63, 3.8) is 0 Å². The third-order valence-electron chi connectivity index (χ3n) is 4.05. The number of aromatic amines is 1. The Morgan fingerprint density at radius 2 is 2.28 bits per heavy atom.